The molecule has 1 aliphatic heterocycles. The highest BCUT2D eigenvalue weighted by Crippen LogP contribution is 2.29. The Morgan fingerprint density at radius 2 is 2.00 bits per heavy atom. The highest BCUT2D eigenvalue weighted by Gasteiger charge is 2.50. The van der Waals surface area contributed by atoms with E-state index in [2.05, 4.69) is 25.7 Å². The van der Waals surface area contributed by atoms with Gasteiger partial charge in [-0.2, -0.15) is 5.01 Å². The monoisotopic (exact) mass is 396 g/mol. The maximum atomic E-state index is 12.9. The van der Waals surface area contributed by atoms with E-state index in [0.717, 1.165) is 11.3 Å². The molecule has 3 N–H and O–H groups in total. The van der Waals surface area contributed by atoms with Crippen molar-refractivity contribution in [2.75, 3.05) is 0 Å². The average Bonchev–Trinajstić information content (AvgIpc) is 3.39. The van der Waals surface area contributed by atoms with Gasteiger partial charge in [-0.05, 0) is 19.4 Å². The molecule has 0 bridgehead atoms. The summed E-state index contributed by atoms with van der Waals surface area (Å²) < 4.78 is 0. The number of H-pyrrole nitrogens is 1. The third kappa shape index (κ3) is 2.83. The van der Waals surface area contributed by atoms with Crippen molar-refractivity contribution in [1.82, 2.24) is 30.7 Å². The minimum atomic E-state index is -1.26. The average molecular weight is 396 g/mol. The van der Waals surface area contributed by atoms with Gasteiger partial charge in [-0.25, -0.2) is 14.8 Å². The first kappa shape index (κ1) is 17.9. The summed E-state index contributed by atoms with van der Waals surface area (Å²) in [7, 11) is 0. The van der Waals surface area contributed by atoms with Gasteiger partial charge in [-0.3, -0.25) is 15.0 Å². The molecule has 0 spiro atoms. The quantitative estimate of drug-likeness (QED) is 0.582. The van der Waals surface area contributed by atoms with Crippen LogP contribution in [0.5, 0.6) is 0 Å². The summed E-state index contributed by atoms with van der Waals surface area (Å²) >= 11 is 1.12. The molecule has 10 heteroatoms. The Morgan fingerprint density at radius 1 is 1.25 bits per heavy atom. The Hall–Kier alpha value is -3.53. The predicted octanol–water partition coefficient (Wildman–Crippen LogP) is 1.95. The number of urea groups is 1. The first-order valence-corrected chi connectivity index (χ1v) is 9.22. The third-order valence-electron chi connectivity index (χ3n) is 4.46. The molecule has 0 saturated carbocycles. The highest BCUT2D eigenvalue weighted by atomic mass is 32.1. The van der Waals surface area contributed by atoms with Crippen molar-refractivity contribution in [1.29, 1.82) is 0 Å². The number of amides is 4. The van der Waals surface area contributed by atoms with E-state index in [-0.39, 0.29) is 0 Å². The summed E-state index contributed by atoms with van der Waals surface area (Å²) in [4.78, 5) is 49.6. The fourth-order valence-corrected chi connectivity index (χ4v) is 3.87. The minimum absolute atomic E-state index is 0.292. The number of imide groups is 1. The molecule has 3 aromatic rings. The molecule has 3 heterocycles. The molecule has 4 rings (SSSR count). The number of carbonyl (C=O) groups excluding carboxylic acids is 3. The van der Waals surface area contributed by atoms with Crippen LogP contribution in [0.3, 0.4) is 0 Å². The summed E-state index contributed by atoms with van der Waals surface area (Å²) in [5.74, 6) is -0.613. The van der Waals surface area contributed by atoms with Gasteiger partial charge >= 0.3 is 6.03 Å². The van der Waals surface area contributed by atoms with Crippen LogP contribution in [0, 0.1) is 6.92 Å². The van der Waals surface area contributed by atoms with Crippen LogP contribution in [0.15, 0.2) is 42.7 Å². The van der Waals surface area contributed by atoms with Crippen molar-refractivity contribution in [3.63, 3.8) is 0 Å². The Labute approximate surface area is 163 Å². The van der Waals surface area contributed by atoms with Crippen molar-refractivity contribution in [3.05, 3.63) is 58.9 Å². The zero-order chi connectivity index (χ0) is 19.9. The van der Waals surface area contributed by atoms with Gasteiger partial charge in [0.1, 0.15) is 10.4 Å². The van der Waals surface area contributed by atoms with Gasteiger partial charge in [0.15, 0.2) is 10.8 Å². The second-order valence-corrected chi connectivity index (χ2v) is 7.37. The van der Waals surface area contributed by atoms with Gasteiger partial charge < -0.3 is 10.3 Å². The van der Waals surface area contributed by atoms with Crippen LogP contribution < -0.4 is 10.7 Å². The molecule has 1 fully saturated rings. The fourth-order valence-electron chi connectivity index (χ4n) is 2.95. The maximum Gasteiger partial charge on any atom is 0.344 e. The molecule has 1 unspecified atom stereocenters. The Bertz CT molecular complexity index is 1060. The van der Waals surface area contributed by atoms with Crippen molar-refractivity contribution in [2.24, 2.45) is 0 Å². The van der Waals surface area contributed by atoms with E-state index in [1.165, 1.54) is 0 Å². The smallest absolute Gasteiger partial charge is 0.343 e. The lowest BCUT2D eigenvalue weighted by molar-refractivity contribution is -0.132. The number of hydrogen-bond donors (Lipinski definition) is 3. The van der Waals surface area contributed by atoms with Gasteiger partial charge in [0.2, 0.25) is 0 Å². The number of aromatic amines is 1. The molecule has 0 aliphatic carbocycles. The van der Waals surface area contributed by atoms with Crippen LogP contribution >= 0.6 is 11.3 Å². The Morgan fingerprint density at radius 3 is 2.68 bits per heavy atom. The molecule has 1 saturated heterocycles. The summed E-state index contributed by atoms with van der Waals surface area (Å²) in [5.41, 5.74) is 2.24. The zero-order valence-corrected chi connectivity index (χ0v) is 15.8. The lowest BCUT2D eigenvalue weighted by Gasteiger charge is -2.22. The number of hydrazine groups is 1. The molecule has 2 aromatic heterocycles. The lowest BCUT2D eigenvalue weighted by atomic mass is 9.92. The van der Waals surface area contributed by atoms with E-state index in [9.17, 15) is 14.4 Å². The molecule has 9 nitrogen and oxygen atoms in total. The largest absolute Gasteiger partial charge is 0.344 e. The number of benzene rings is 1. The second kappa shape index (κ2) is 6.57. The molecule has 0 radical (unpaired) electrons. The van der Waals surface area contributed by atoms with Crippen molar-refractivity contribution in [3.8, 4) is 10.8 Å². The third-order valence-corrected chi connectivity index (χ3v) is 5.62. The van der Waals surface area contributed by atoms with E-state index < -0.39 is 23.4 Å². The molecule has 28 heavy (non-hydrogen) atoms. The van der Waals surface area contributed by atoms with Gasteiger partial charge in [-0.1, -0.05) is 30.3 Å². The van der Waals surface area contributed by atoms with Crippen LogP contribution in [-0.2, 0) is 10.3 Å². The molecule has 4 amide bonds. The topological polar surface area (TPSA) is 120 Å². The molecular formula is C18H16N6O3S. The first-order chi connectivity index (χ1) is 13.4. The number of rotatable bonds is 4. The number of nitrogens with one attached hydrogen (secondary N) is 3. The highest BCUT2D eigenvalue weighted by molar-refractivity contribution is 7.17. The van der Waals surface area contributed by atoms with E-state index >= 15 is 0 Å². The first-order valence-electron chi connectivity index (χ1n) is 8.40. The summed E-state index contributed by atoms with van der Waals surface area (Å²) in [6.07, 6.45) is 3.24. The molecule has 1 aromatic carbocycles. The Balaban J connectivity index is 1.57. The van der Waals surface area contributed by atoms with Gasteiger partial charge in [0.25, 0.3) is 11.8 Å². The molecular weight excluding hydrogens is 380 g/mol. The number of carbonyl (C=O) groups is 3. The minimum Gasteiger partial charge on any atom is -0.343 e. The van der Waals surface area contributed by atoms with Gasteiger partial charge in [0, 0.05) is 12.4 Å². The van der Waals surface area contributed by atoms with Crippen LogP contribution in [0.1, 0.15) is 27.9 Å². The Kier molecular flexibility index (Phi) is 4.19. The molecule has 1 atom stereocenters. The van der Waals surface area contributed by atoms with Crippen LogP contribution in [0.4, 0.5) is 4.79 Å². The number of thiazole rings is 1. The number of nitrogens with zero attached hydrogens (tertiary/aromatic N) is 3. The van der Waals surface area contributed by atoms with E-state index in [1.807, 2.05) is 6.07 Å². The van der Waals surface area contributed by atoms with Crippen LogP contribution in [0.25, 0.3) is 10.8 Å². The number of imidazole rings is 1. The summed E-state index contributed by atoms with van der Waals surface area (Å²) in [6, 6.07) is 8.16. The van der Waals surface area contributed by atoms with Gasteiger partial charge in [0.05, 0.1) is 5.69 Å². The van der Waals surface area contributed by atoms with E-state index in [1.54, 1.807) is 50.5 Å². The number of hydrogen-bond acceptors (Lipinski definition) is 6. The normalized spacial score (nSPS) is 19.0. The molecule has 1 aliphatic rings. The van der Waals surface area contributed by atoms with Crippen molar-refractivity contribution < 1.29 is 14.4 Å². The second-order valence-electron chi connectivity index (χ2n) is 6.37. The van der Waals surface area contributed by atoms with Crippen LogP contribution in [-0.4, -0.2) is 37.8 Å². The SMILES string of the molecule is Cc1nc(-c2ncc[nH]2)sc1C(=O)NN1C(=O)NC(C)(c2ccccc2)C1=O. The van der Waals surface area contributed by atoms with Crippen LogP contribution in [0.2, 0.25) is 0 Å². The van der Waals surface area contributed by atoms with E-state index in [4.69, 9.17) is 0 Å². The standard InChI is InChI=1S/C18H16N6O3S/c1-10-12(28-15(21-10)13-19-8-9-20-13)14(25)23-24-16(26)18(2,22-17(24)27)11-6-4-3-5-7-11/h3-9H,1-2H3,(H,19,20)(H,22,27)(H,23,25). The molecule has 142 valence electrons. The van der Waals surface area contributed by atoms with Crippen molar-refractivity contribution in [2.45, 2.75) is 19.4 Å². The summed E-state index contributed by atoms with van der Waals surface area (Å²) in [5, 5.41) is 3.89. The fraction of sp³-hybridized carbons (Fsp3) is 0.167. The lowest BCUT2D eigenvalue weighted by Crippen LogP contribution is -2.47. The summed E-state index contributed by atoms with van der Waals surface area (Å²) in [6.45, 7) is 3.28. The zero-order valence-electron chi connectivity index (χ0n) is 15.0. The van der Waals surface area contributed by atoms with Crippen molar-refractivity contribution >= 4 is 29.2 Å². The van der Waals surface area contributed by atoms with Gasteiger partial charge in [-0.15, -0.1) is 11.3 Å². The predicted molar refractivity (Wildman–Crippen MR) is 101 cm³/mol. The number of aryl methyl sites for hydroxylation is 1. The maximum absolute atomic E-state index is 12.9. The number of aromatic nitrogens is 3. The van der Waals surface area contributed by atoms with E-state index in [0.29, 0.717) is 32.0 Å².